The number of aromatic nitrogens is 1. The smallest absolute Gasteiger partial charge is 0.432 e. The third-order valence-corrected chi connectivity index (χ3v) is 3.24. The largest absolute Gasteiger partial charge is 0.505 e. The summed E-state index contributed by atoms with van der Waals surface area (Å²) in [5.74, 6) is -3.91. The highest BCUT2D eigenvalue weighted by atomic mass is 19.4. The Morgan fingerprint density at radius 1 is 1.00 bits per heavy atom. The maximum atomic E-state index is 12.9. The summed E-state index contributed by atoms with van der Waals surface area (Å²) in [6.07, 6.45) is -12.6. The van der Waals surface area contributed by atoms with Crippen LogP contribution in [0.25, 0.3) is 10.9 Å². The van der Waals surface area contributed by atoms with Gasteiger partial charge in [0.2, 0.25) is 0 Å². The quantitative estimate of drug-likeness (QED) is 0.721. The first kappa shape index (κ1) is 17.8. The number of alkyl halides is 6. The van der Waals surface area contributed by atoms with E-state index in [0.717, 1.165) is 12.1 Å². The maximum Gasteiger partial charge on any atom is 0.432 e. The number of fused-ring (bicyclic) bond motifs is 1. The molecule has 0 saturated carbocycles. The Labute approximate surface area is 128 Å². The van der Waals surface area contributed by atoms with Crippen LogP contribution in [0.15, 0.2) is 24.3 Å². The van der Waals surface area contributed by atoms with Crippen molar-refractivity contribution in [3.8, 4) is 5.75 Å². The SMILES string of the molecule is O=C(O)c1c(O)c(C(O)(C(F)(F)F)C(F)(F)F)nc2ccccc12. The number of aromatic hydroxyl groups is 1. The Kier molecular flexibility index (Phi) is 3.87. The third kappa shape index (κ3) is 2.40. The molecule has 0 aliphatic carbocycles. The van der Waals surface area contributed by atoms with Gasteiger partial charge in [0.1, 0.15) is 11.3 Å². The highest BCUT2D eigenvalue weighted by Crippen LogP contribution is 2.52. The zero-order valence-electron chi connectivity index (χ0n) is 11.3. The van der Waals surface area contributed by atoms with Gasteiger partial charge in [0, 0.05) is 5.39 Å². The van der Waals surface area contributed by atoms with E-state index in [0.29, 0.717) is 0 Å². The third-order valence-electron chi connectivity index (χ3n) is 3.24. The summed E-state index contributed by atoms with van der Waals surface area (Å²) in [4.78, 5) is 14.2. The zero-order valence-corrected chi connectivity index (χ0v) is 11.3. The van der Waals surface area contributed by atoms with E-state index in [2.05, 4.69) is 4.98 Å². The Balaban J connectivity index is 3.00. The van der Waals surface area contributed by atoms with Gasteiger partial charge in [-0.15, -0.1) is 0 Å². The lowest BCUT2D eigenvalue weighted by Crippen LogP contribution is -2.54. The van der Waals surface area contributed by atoms with Crippen LogP contribution in [0.3, 0.4) is 0 Å². The van der Waals surface area contributed by atoms with Gasteiger partial charge in [-0.2, -0.15) is 26.3 Å². The van der Waals surface area contributed by atoms with Crippen molar-refractivity contribution in [2.75, 3.05) is 0 Å². The molecule has 0 fully saturated rings. The first-order valence-corrected chi connectivity index (χ1v) is 6.03. The number of rotatable bonds is 2. The number of carbonyl (C=O) groups is 1. The second kappa shape index (κ2) is 5.23. The number of hydrogen-bond acceptors (Lipinski definition) is 4. The summed E-state index contributed by atoms with van der Waals surface area (Å²) >= 11 is 0. The second-order valence-electron chi connectivity index (χ2n) is 4.71. The normalized spacial score (nSPS) is 13.3. The Bertz CT molecular complexity index is 800. The van der Waals surface area contributed by atoms with Gasteiger partial charge in [-0.05, 0) is 6.07 Å². The van der Waals surface area contributed by atoms with Crippen LogP contribution >= 0.6 is 0 Å². The van der Waals surface area contributed by atoms with Crippen molar-refractivity contribution in [2.45, 2.75) is 18.0 Å². The molecular formula is C13H7F6NO4. The molecule has 0 aliphatic rings. The first-order valence-electron chi connectivity index (χ1n) is 6.03. The number of aliphatic hydroxyl groups is 1. The van der Waals surface area contributed by atoms with Gasteiger partial charge in [-0.3, -0.25) is 0 Å². The second-order valence-corrected chi connectivity index (χ2v) is 4.71. The highest BCUT2D eigenvalue weighted by Gasteiger charge is 2.73. The van der Waals surface area contributed by atoms with E-state index in [9.17, 15) is 41.4 Å². The number of nitrogens with zero attached hydrogens (tertiary/aromatic N) is 1. The lowest BCUT2D eigenvalue weighted by molar-refractivity contribution is -0.377. The lowest BCUT2D eigenvalue weighted by Gasteiger charge is -2.32. The topological polar surface area (TPSA) is 90.7 Å². The minimum atomic E-state index is -6.31. The van der Waals surface area contributed by atoms with E-state index >= 15 is 0 Å². The predicted octanol–water partition coefficient (Wildman–Crippen LogP) is 2.95. The molecule has 3 N–H and O–H groups in total. The fraction of sp³-hybridized carbons (Fsp3) is 0.231. The number of carboxylic acid groups (broad SMARTS) is 1. The molecule has 0 amide bonds. The number of pyridine rings is 1. The zero-order chi connectivity index (χ0) is 18.5. The Morgan fingerprint density at radius 3 is 1.96 bits per heavy atom. The van der Waals surface area contributed by atoms with E-state index in [4.69, 9.17) is 5.11 Å². The fourth-order valence-corrected chi connectivity index (χ4v) is 2.10. The van der Waals surface area contributed by atoms with Crippen LogP contribution in [-0.2, 0) is 5.60 Å². The molecule has 1 heterocycles. The molecule has 0 radical (unpaired) electrons. The van der Waals surface area contributed by atoms with Crippen LogP contribution < -0.4 is 0 Å². The van der Waals surface area contributed by atoms with Crippen molar-refractivity contribution < 1.29 is 46.5 Å². The number of carboxylic acids is 1. The predicted molar refractivity (Wildman–Crippen MR) is 66.4 cm³/mol. The molecule has 0 bridgehead atoms. The van der Waals surface area contributed by atoms with Crippen LogP contribution in [-0.4, -0.2) is 38.6 Å². The van der Waals surface area contributed by atoms with Crippen LogP contribution in [0.4, 0.5) is 26.3 Å². The van der Waals surface area contributed by atoms with Gasteiger partial charge in [0.25, 0.3) is 0 Å². The molecule has 1 aromatic carbocycles. The molecule has 130 valence electrons. The molecule has 0 atom stereocenters. The van der Waals surface area contributed by atoms with Crippen molar-refractivity contribution in [1.82, 2.24) is 4.98 Å². The number of aromatic carboxylic acids is 1. The van der Waals surface area contributed by atoms with Gasteiger partial charge in [-0.1, -0.05) is 18.2 Å². The van der Waals surface area contributed by atoms with Gasteiger partial charge in [0.05, 0.1) is 5.52 Å². The van der Waals surface area contributed by atoms with E-state index in [1.54, 1.807) is 0 Å². The molecule has 5 nitrogen and oxygen atoms in total. The molecule has 1 aromatic heterocycles. The van der Waals surface area contributed by atoms with Crippen molar-refractivity contribution >= 4 is 16.9 Å². The van der Waals surface area contributed by atoms with E-state index in [1.165, 1.54) is 12.1 Å². The summed E-state index contributed by atoms with van der Waals surface area (Å²) in [6, 6.07) is 4.41. The number of benzene rings is 1. The first-order chi connectivity index (χ1) is 10.8. The summed E-state index contributed by atoms with van der Waals surface area (Å²) in [5, 5.41) is 27.7. The van der Waals surface area contributed by atoms with Crippen molar-refractivity contribution in [2.24, 2.45) is 0 Å². The number of halogens is 6. The number of hydrogen-bond donors (Lipinski definition) is 3. The molecule has 0 saturated heterocycles. The molecule has 2 rings (SSSR count). The van der Waals surface area contributed by atoms with Gasteiger partial charge < -0.3 is 15.3 Å². The van der Waals surface area contributed by atoms with E-state index in [1.807, 2.05) is 0 Å². The molecule has 24 heavy (non-hydrogen) atoms. The van der Waals surface area contributed by atoms with E-state index in [-0.39, 0.29) is 0 Å². The van der Waals surface area contributed by atoms with E-state index < -0.39 is 51.8 Å². The van der Waals surface area contributed by atoms with Crippen LogP contribution in [0.5, 0.6) is 5.75 Å². The monoisotopic (exact) mass is 355 g/mol. The Hall–Kier alpha value is -2.56. The highest BCUT2D eigenvalue weighted by molar-refractivity contribution is 6.05. The minimum absolute atomic E-state index is 0.391. The summed E-state index contributed by atoms with van der Waals surface area (Å²) in [5.41, 5.74) is -9.60. The summed E-state index contributed by atoms with van der Waals surface area (Å²) in [6.45, 7) is 0. The molecule has 2 aromatic rings. The molecule has 11 heteroatoms. The lowest BCUT2D eigenvalue weighted by atomic mass is 9.93. The van der Waals surface area contributed by atoms with Crippen LogP contribution in [0, 0.1) is 0 Å². The van der Waals surface area contributed by atoms with Gasteiger partial charge in [0.15, 0.2) is 5.75 Å². The molecule has 0 unspecified atom stereocenters. The summed E-state index contributed by atoms with van der Waals surface area (Å²) < 4.78 is 77.6. The molecule has 0 aliphatic heterocycles. The van der Waals surface area contributed by atoms with Crippen LogP contribution in [0.1, 0.15) is 16.1 Å². The van der Waals surface area contributed by atoms with Crippen LogP contribution in [0.2, 0.25) is 0 Å². The van der Waals surface area contributed by atoms with Gasteiger partial charge in [-0.25, -0.2) is 9.78 Å². The number of para-hydroxylation sites is 1. The Morgan fingerprint density at radius 2 is 1.50 bits per heavy atom. The minimum Gasteiger partial charge on any atom is -0.505 e. The molecular weight excluding hydrogens is 348 g/mol. The van der Waals surface area contributed by atoms with Crippen molar-refractivity contribution in [1.29, 1.82) is 0 Å². The van der Waals surface area contributed by atoms with Crippen molar-refractivity contribution in [3.05, 3.63) is 35.5 Å². The molecule has 0 spiro atoms. The van der Waals surface area contributed by atoms with Crippen molar-refractivity contribution in [3.63, 3.8) is 0 Å². The maximum absolute atomic E-state index is 12.9. The fourth-order valence-electron chi connectivity index (χ4n) is 2.10. The summed E-state index contributed by atoms with van der Waals surface area (Å²) in [7, 11) is 0. The average Bonchev–Trinajstić information content (AvgIpc) is 2.42. The standard InChI is InChI=1S/C13H7F6NO4/c14-12(15,16)11(24,13(17,18)19)9-8(21)7(10(22)23)5-3-1-2-4-6(5)20-9/h1-4,21,24H,(H,22,23). The average molecular weight is 355 g/mol. The van der Waals surface area contributed by atoms with Gasteiger partial charge >= 0.3 is 23.9 Å².